The molecule has 0 spiro atoms. The van der Waals surface area contributed by atoms with Crippen molar-refractivity contribution in [1.82, 2.24) is 0 Å². The molecule has 3 atom stereocenters. The maximum atomic E-state index is 12.4. The van der Waals surface area contributed by atoms with Gasteiger partial charge in [0.1, 0.15) is 5.78 Å². The first-order valence-corrected chi connectivity index (χ1v) is 8.58. The van der Waals surface area contributed by atoms with Crippen molar-refractivity contribution in [1.29, 1.82) is 0 Å². The molecular weight excluding hydrogens is 272 g/mol. The number of aliphatic hydroxyl groups excluding tert-OH is 1. The number of ketones is 1. The number of aryl methyl sites for hydroxylation is 1. The summed E-state index contributed by atoms with van der Waals surface area (Å²) in [6, 6.07) is 6.74. The SMILES string of the molecule is CC(CO)c1ccc2c(c1)CC[C@H]1C(C)(C)C(=O)CC[C@]21C. The molecule has 0 aliphatic heterocycles. The number of Topliss-reactive ketones (excluding diaryl/α,β-unsaturated/α-hetero) is 1. The summed E-state index contributed by atoms with van der Waals surface area (Å²) < 4.78 is 0. The molecule has 1 unspecified atom stereocenters. The lowest BCUT2D eigenvalue weighted by molar-refractivity contribution is -0.137. The fraction of sp³-hybridized carbons (Fsp3) is 0.650. The van der Waals surface area contributed by atoms with Crippen molar-refractivity contribution >= 4 is 5.78 Å². The minimum Gasteiger partial charge on any atom is -0.396 e. The number of aliphatic hydroxyl groups is 1. The summed E-state index contributed by atoms with van der Waals surface area (Å²) in [5.74, 6) is 1.07. The lowest BCUT2D eigenvalue weighted by Gasteiger charge is -2.53. The molecular formula is C20H28O2. The molecule has 1 saturated carbocycles. The molecule has 3 rings (SSSR count). The smallest absolute Gasteiger partial charge is 0.138 e. The summed E-state index contributed by atoms with van der Waals surface area (Å²) in [5.41, 5.74) is 4.02. The molecule has 0 radical (unpaired) electrons. The Labute approximate surface area is 133 Å². The van der Waals surface area contributed by atoms with Crippen LogP contribution < -0.4 is 0 Å². The maximum absolute atomic E-state index is 12.4. The van der Waals surface area contributed by atoms with Crippen LogP contribution in [0.1, 0.15) is 69.6 Å². The van der Waals surface area contributed by atoms with Crippen molar-refractivity contribution in [2.45, 2.75) is 64.7 Å². The van der Waals surface area contributed by atoms with Gasteiger partial charge in [0.05, 0.1) is 0 Å². The molecule has 2 aliphatic carbocycles. The van der Waals surface area contributed by atoms with Crippen molar-refractivity contribution in [3.8, 4) is 0 Å². The Hall–Kier alpha value is -1.15. The number of benzene rings is 1. The number of carbonyl (C=O) groups excluding carboxylic acids is 1. The fourth-order valence-electron chi connectivity index (χ4n) is 4.95. The topological polar surface area (TPSA) is 37.3 Å². The van der Waals surface area contributed by atoms with Gasteiger partial charge in [0.25, 0.3) is 0 Å². The van der Waals surface area contributed by atoms with E-state index < -0.39 is 0 Å². The second-order valence-corrected chi connectivity index (χ2v) is 8.15. The predicted molar refractivity (Wildman–Crippen MR) is 89.1 cm³/mol. The highest BCUT2D eigenvalue weighted by Gasteiger charge is 2.53. The molecule has 1 aromatic rings. The van der Waals surface area contributed by atoms with Gasteiger partial charge in [-0.2, -0.15) is 0 Å². The molecule has 22 heavy (non-hydrogen) atoms. The molecule has 2 heteroatoms. The molecule has 0 saturated heterocycles. The van der Waals surface area contributed by atoms with Crippen LogP contribution in [-0.4, -0.2) is 17.5 Å². The van der Waals surface area contributed by atoms with Crippen LogP contribution >= 0.6 is 0 Å². The Morgan fingerprint density at radius 1 is 1.27 bits per heavy atom. The third-order valence-electron chi connectivity index (χ3n) is 6.52. The van der Waals surface area contributed by atoms with Gasteiger partial charge in [-0.05, 0) is 47.3 Å². The van der Waals surface area contributed by atoms with E-state index >= 15 is 0 Å². The number of rotatable bonds is 2. The first kappa shape index (κ1) is 15.7. The Balaban J connectivity index is 2.04. The van der Waals surface area contributed by atoms with Crippen molar-refractivity contribution < 1.29 is 9.90 Å². The van der Waals surface area contributed by atoms with Gasteiger partial charge in [0, 0.05) is 24.4 Å². The molecule has 2 aliphatic rings. The van der Waals surface area contributed by atoms with Gasteiger partial charge in [0.2, 0.25) is 0 Å². The van der Waals surface area contributed by atoms with E-state index in [0.717, 1.165) is 19.3 Å². The van der Waals surface area contributed by atoms with Crippen molar-refractivity contribution in [2.24, 2.45) is 11.3 Å². The van der Waals surface area contributed by atoms with Gasteiger partial charge in [0.15, 0.2) is 0 Å². The summed E-state index contributed by atoms with van der Waals surface area (Å²) in [6.45, 7) is 8.91. The minimum absolute atomic E-state index is 0.117. The fourth-order valence-corrected chi connectivity index (χ4v) is 4.95. The predicted octanol–water partition coefficient (Wildman–Crippen LogP) is 3.99. The van der Waals surface area contributed by atoms with Crippen LogP contribution in [0.2, 0.25) is 0 Å². The monoisotopic (exact) mass is 300 g/mol. The zero-order chi connectivity index (χ0) is 16.1. The number of hydrogen-bond acceptors (Lipinski definition) is 2. The van der Waals surface area contributed by atoms with Gasteiger partial charge in [-0.15, -0.1) is 0 Å². The standard InChI is InChI=1S/C20H28O2/c1-13(12-21)14-5-7-16-15(11-14)6-8-17-19(2,3)18(22)9-10-20(16,17)4/h5,7,11,13,17,21H,6,8-10,12H2,1-4H3/t13?,17-,20+/m0/s1. The summed E-state index contributed by atoms with van der Waals surface area (Å²) in [5, 5.41) is 9.39. The van der Waals surface area contributed by atoms with Crippen molar-refractivity contribution in [3.63, 3.8) is 0 Å². The van der Waals surface area contributed by atoms with Crippen LogP contribution in [0, 0.1) is 11.3 Å². The molecule has 120 valence electrons. The van der Waals surface area contributed by atoms with Gasteiger partial charge in [-0.25, -0.2) is 0 Å². The summed E-state index contributed by atoms with van der Waals surface area (Å²) in [6.07, 6.45) is 3.83. The lowest BCUT2D eigenvalue weighted by atomic mass is 9.50. The van der Waals surface area contributed by atoms with E-state index in [4.69, 9.17) is 0 Å². The quantitative estimate of drug-likeness (QED) is 0.896. The van der Waals surface area contributed by atoms with Crippen LogP contribution in [0.25, 0.3) is 0 Å². The van der Waals surface area contributed by atoms with E-state index in [1.165, 1.54) is 16.7 Å². The highest BCUT2D eigenvalue weighted by atomic mass is 16.3. The molecule has 0 bridgehead atoms. The Bertz CT molecular complexity index is 602. The van der Waals surface area contributed by atoms with Crippen LogP contribution in [-0.2, 0) is 16.6 Å². The van der Waals surface area contributed by atoms with Crippen LogP contribution in [0.4, 0.5) is 0 Å². The molecule has 1 aromatic carbocycles. The summed E-state index contributed by atoms with van der Waals surface area (Å²) in [7, 11) is 0. The molecule has 0 aromatic heterocycles. The highest BCUT2D eigenvalue weighted by molar-refractivity contribution is 5.86. The molecule has 0 heterocycles. The van der Waals surface area contributed by atoms with Gasteiger partial charge >= 0.3 is 0 Å². The summed E-state index contributed by atoms with van der Waals surface area (Å²) in [4.78, 5) is 12.4. The third kappa shape index (κ3) is 2.15. The van der Waals surface area contributed by atoms with Gasteiger partial charge in [-0.1, -0.05) is 45.9 Å². The molecule has 2 nitrogen and oxygen atoms in total. The van der Waals surface area contributed by atoms with Crippen molar-refractivity contribution in [3.05, 3.63) is 34.9 Å². The van der Waals surface area contributed by atoms with E-state index in [2.05, 4.69) is 45.9 Å². The normalized spacial score (nSPS) is 31.3. The molecule has 1 fully saturated rings. The van der Waals surface area contributed by atoms with Crippen LogP contribution in [0.3, 0.4) is 0 Å². The average molecular weight is 300 g/mol. The third-order valence-corrected chi connectivity index (χ3v) is 6.52. The number of hydrogen-bond donors (Lipinski definition) is 1. The minimum atomic E-state index is -0.207. The van der Waals surface area contributed by atoms with Gasteiger partial charge in [-0.3, -0.25) is 4.79 Å². The maximum Gasteiger partial charge on any atom is 0.138 e. The van der Waals surface area contributed by atoms with E-state index in [1.807, 2.05) is 0 Å². The van der Waals surface area contributed by atoms with Crippen LogP contribution in [0.5, 0.6) is 0 Å². The Kier molecular flexibility index (Phi) is 3.71. The average Bonchev–Trinajstić information content (AvgIpc) is 2.50. The number of carbonyl (C=O) groups is 1. The zero-order valence-electron chi connectivity index (χ0n) is 14.3. The zero-order valence-corrected chi connectivity index (χ0v) is 14.3. The van der Waals surface area contributed by atoms with E-state index in [9.17, 15) is 9.90 Å². The van der Waals surface area contributed by atoms with E-state index in [-0.39, 0.29) is 23.4 Å². The van der Waals surface area contributed by atoms with E-state index in [0.29, 0.717) is 18.1 Å². The van der Waals surface area contributed by atoms with E-state index in [1.54, 1.807) is 0 Å². The molecule has 0 amide bonds. The Morgan fingerprint density at radius 3 is 2.68 bits per heavy atom. The second kappa shape index (κ2) is 5.19. The number of fused-ring (bicyclic) bond motifs is 3. The second-order valence-electron chi connectivity index (χ2n) is 8.15. The van der Waals surface area contributed by atoms with Gasteiger partial charge < -0.3 is 5.11 Å². The molecule has 1 N–H and O–H groups in total. The summed E-state index contributed by atoms with van der Waals surface area (Å²) >= 11 is 0. The lowest BCUT2D eigenvalue weighted by Crippen LogP contribution is -2.52. The van der Waals surface area contributed by atoms with Crippen LogP contribution in [0.15, 0.2) is 18.2 Å². The van der Waals surface area contributed by atoms with Crippen molar-refractivity contribution in [2.75, 3.05) is 6.61 Å². The highest BCUT2D eigenvalue weighted by Crippen LogP contribution is 2.55. The first-order valence-electron chi connectivity index (χ1n) is 8.58. The Morgan fingerprint density at radius 2 is 2.00 bits per heavy atom. The largest absolute Gasteiger partial charge is 0.396 e. The first-order chi connectivity index (χ1) is 10.3.